The van der Waals surface area contributed by atoms with Gasteiger partial charge in [-0.1, -0.05) is 39.1 Å². The van der Waals surface area contributed by atoms with Gasteiger partial charge in [-0.05, 0) is 74.9 Å². The van der Waals surface area contributed by atoms with Crippen LogP contribution in [0.25, 0.3) is 0 Å². The van der Waals surface area contributed by atoms with Crippen molar-refractivity contribution in [3.8, 4) is 5.75 Å². The van der Waals surface area contributed by atoms with E-state index in [0.29, 0.717) is 28.9 Å². The van der Waals surface area contributed by atoms with E-state index in [9.17, 15) is 13.2 Å². The molecule has 2 fully saturated rings. The lowest BCUT2D eigenvalue weighted by atomic mass is 9.84. The smallest absolute Gasteiger partial charge is 0.264 e. The maximum absolute atomic E-state index is 12.7. The van der Waals surface area contributed by atoms with Crippen LogP contribution in [0, 0.1) is 5.92 Å². The molecule has 1 saturated heterocycles. The summed E-state index contributed by atoms with van der Waals surface area (Å²) in [7, 11) is -3.86. The molecule has 0 atom stereocenters. The molecule has 0 unspecified atom stereocenters. The molecule has 2 aromatic carbocycles. The number of piperidine rings is 1. The zero-order valence-corrected chi connectivity index (χ0v) is 22.5. The summed E-state index contributed by atoms with van der Waals surface area (Å²) in [6.45, 7) is 1.87. The van der Waals surface area contributed by atoms with Gasteiger partial charge in [0.15, 0.2) is 0 Å². The van der Waals surface area contributed by atoms with Gasteiger partial charge in [0.1, 0.15) is 11.9 Å². The molecule has 4 rings (SSSR count). The summed E-state index contributed by atoms with van der Waals surface area (Å²) in [4.78, 5) is 15.2. The molecule has 1 aliphatic heterocycles. The number of rotatable bonds is 6. The molecule has 0 radical (unpaired) electrons. The van der Waals surface area contributed by atoms with Gasteiger partial charge in [-0.2, -0.15) is 0 Å². The summed E-state index contributed by atoms with van der Waals surface area (Å²) in [5.41, 5.74) is 0. The highest BCUT2D eigenvalue weighted by molar-refractivity contribution is 9.10. The molecule has 6 nitrogen and oxygen atoms in total. The summed E-state index contributed by atoms with van der Waals surface area (Å²) < 4.78 is 34.2. The average molecular weight is 590 g/mol. The second kappa shape index (κ2) is 11.2. The van der Waals surface area contributed by atoms with E-state index >= 15 is 0 Å². The van der Waals surface area contributed by atoms with E-state index in [1.165, 1.54) is 12.1 Å². The fourth-order valence-corrected chi connectivity index (χ4v) is 6.29. The molecule has 2 aromatic rings. The third-order valence-corrected chi connectivity index (χ3v) is 9.24. The van der Waals surface area contributed by atoms with Crippen LogP contribution in [0.1, 0.15) is 38.5 Å². The molecule has 0 bridgehead atoms. The Morgan fingerprint density at radius 3 is 2.21 bits per heavy atom. The number of hydrogen-bond donors (Lipinski definition) is 1. The van der Waals surface area contributed by atoms with Gasteiger partial charge in [-0.25, -0.2) is 13.1 Å². The van der Waals surface area contributed by atoms with Crippen LogP contribution < -0.4 is 9.46 Å². The van der Waals surface area contributed by atoms with E-state index in [2.05, 4.69) is 25.6 Å². The molecule has 1 saturated carbocycles. The van der Waals surface area contributed by atoms with E-state index in [1.807, 2.05) is 6.07 Å². The van der Waals surface area contributed by atoms with Crippen LogP contribution in [-0.2, 0) is 14.8 Å². The van der Waals surface area contributed by atoms with Crippen molar-refractivity contribution >= 4 is 55.1 Å². The summed E-state index contributed by atoms with van der Waals surface area (Å²) in [6, 6.07) is 12.0. The molecule has 2 aliphatic rings. The lowest BCUT2D eigenvalue weighted by Crippen LogP contribution is -2.46. The Balaban J connectivity index is 1.23. The lowest BCUT2D eigenvalue weighted by Gasteiger charge is -2.40. The fraction of sp³-hybridized carbons (Fsp3) is 0.458. The van der Waals surface area contributed by atoms with Gasteiger partial charge in [-0.15, -0.1) is 0 Å². The lowest BCUT2D eigenvalue weighted by molar-refractivity contribution is -0.124. The molecule has 34 heavy (non-hydrogen) atoms. The summed E-state index contributed by atoms with van der Waals surface area (Å²) in [6.07, 6.45) is 5.12. The Bertz CT molecular complexity index is 1110. The molecule has 0 aromatic heterocycles. The number of carbonyl (C=O) groups is 1. The predicted molar refractivity (Wildman–Crippen MR) is 137 cm³/mol. The molecular formula is C24H27BrCl2N2O4S. The second-order valence-electron chi connectivity index (χ2n) is 8.86. The second-order valence-corrected chi connectivity index (χ2v) is 12.3. The maximum Gasteiger partial charge on any atom is 0.264 e. The van der Waals surface area contributed by atoms with Crippen molar-refractivity contribution in [3.63, 3.8) is 0 Å². The zero-order chi connectivity index (χ0) is 24.3. The average Bonchev–Trinajstić information content (AvgIpc) is 2.82. The molecule has 1 aliphatic carbocycles. The van der Waals surface area contributed by atoms with E-state index in [0.717, 1.165) is 49.0 Å². The summed E-state index contributed by atoms with van der Waals surface area (Å²) in [5, 5.41) is 1.00. The van der Waals surface area contributed by atoms with Gasteiger partial charge in [0.25, 0.3) is 10.0 Å². The largest absolute Gasteiger partial charge is 0.490 e. The van der Waals surface area contributed by atoms with Crippen LogP contribution in [0.4, 0.5) is 0 Å². The molecule has 0 spiro atoms. The number of amides is 1. The van der Waals surface area contributed by atoms with Crippen molar-refractivity contribution in [1.29, 1.82) is 0 Å². The van der Waals surface area contributed by atoms with Gasteiger partial charge >= 0.3 is 0 Å². The highest BCUT2D eigenvalue weighted by atomic mass is 79.9. The topological polar surface area (TPSA) is 75.7 Å². The van der Waals surface area contributed by atoms with Crippen molar-refractivity contribution in [2.45, 2.75) is 55.6 Å². The monoisotopic (exact) mass is 588 g/mol. The third-order valence-electron chi connectivity index (χ3n) is 6.61. The highest BCUT2D eigenvalue weighted by Gasteiger charge is 2.33. The first-order valence-corrected chi connectivity index (χ1v) is 14.4. The quantitative estimate of drug-likeness (QED) is 0.470. The molecule has 1 N–H and O–H groups in total. The van der Waals surface area contributed by atoms with Crippen LogP contribution in [0.15, 0.2) is 51.8 Å². The van der Waals surface area contributed by atoms with Gasteiger partial charge in [0.05, 0.1) is 14.9 Å². The van der Waals surface area contributed by atoms with Gasteiger partial charge in [-0.3, -0.25) is 4.79 Å². The van der Waals surface area contributed by atoms with E-state index < -0.39 is 15.9 Å². The highest BCUT2D eigenvalue weighted by Crippen LogP contribution is 2.32. The molecule has 1 amide bonds. The first-order chi connectivity index (χ1) is 16.2. The Morgan fingerprint density at radius 2 is 1.59 bits per heavy atom. The van der Waals surface area contributed by atoms with Gasteiger partial charge in [0, 0.05) is 35.6 Å². The van der Waals surface area contributed by atoms with Crippen LogP contribution in [0.3, 0.4) is 0 Å². The maximum atomic E-state index is 12.7. The van der Waals surface area contributed by atoms with Crippen molar-refractivity contribution in [3.05, 3.63) is 57.0 Å². The fourth-order valence-electron chi connectivity index (χ4n) is 4.69. The van der Waals surface area contributed by atoms with E-state index in [1.54, 1.807) is 24.3 Å². The van der Waals surface area contributed by atoms with Crippen LogP contribution in [-0.4, -0.2) is 44.5 Å². The number of nitrogens with one attached hydrogen (secondary N) is 1. The number of carbonyl (C=O) groups excluding carboxylic acids is 1. The molecular weight excluding hydrogens is 563 g/mol. The number of halogens is 3. The molecule has 1 heterocycles. The standard InChI is InChI=1S/C24H27BrCl2N2O4S/c25-17-3-8-21(9-4-17)34(31,32)28-24(30)16-1-5-18(6-2-16)29-13-11-19(12-14-29)33-20-7-10-22(26)23(27)15-20/h3-4,7-10,15-16,18-19H,1-2,5-6,11-14H2,(H,28,30)/t16-,18-. The zero-order valence-electron chi connectivity index (χ0n) is 18.6. The van der Waals surface area contributed by atoms with Gasteiger partial charge < -0.3 is 9.64 Å². The first kappa shape index (κ1) is 25.8. The Hall–Kier alpha value is -1.32. The summed E-state index contributed by atoms with van der Waals surface area (Å²) in [5.74, 6) is 0.0459. The van der Waals surface area contributed by atoms with Crippen LogP contribution >= 0.6 is 39.1 Å². The Kier molecular flexibility index (Phi) is 8.46. The van der Waals surface area contributed by atoms with E-state index in [4.69, 9.17) is 27.9 Å². The normalized spacial score (nSPS) is 22.3. The van der Waals surface area contributed by atoms with Crippen molar-refractivity contribution in [2.24, 2.45) is 5.92 Å². The Labute approximate surface area is 219 Å². The Morgan fingerprint density at radius 1 is 0.941 bits per heavy atom. The number of likely N-dealkylation sites (tertiary alicyclic amines) is 1. The number of hydrogen-bond acceptors (Lipinski definition) is 5. The number of sulfonamides is 1. The summed E-state index contributed by atoms with van der Waals surface area (Å²) >= 11 is 15.3. The predicted octanol–water partition coefficient (Wildman–Crippen LogP) is 5.66. The minimum Gasteiger partial charge on any atom is -0.490 e. The van der Waals surface area contributed by atoms with Crippen LogP contribution in [0.2, 0.25) is 10.0 Å². The third kappa shape index (κ3) is 6.46. The number of ether oxygens (including phenoxy) is 1. The number of benzene rings is 2. The van der Waals surface area contributed by atoms with E-state index in [-0.39, 0.29) is 16.9 Å². The van der Waals surface area contributed by atoms with Gasteiger partial charge in [0.2, 0.25) is 5.91 Å². The number of nitrogens with zero attached hydrogens (tertiary/aromatic N) is 1. The minimum absolute atomic E-state index is 0.0868. The van der Waals surface area contributed by atoms with Crippen molar-refractivity contribution < 1.29 is 17.9 Å². The first-order valence-electron chi connectivity index (χ1n) is 11.4. The molecule has 184 valence electrons. The molecule has 10 heteroatoms. The SMILES string of the molecule is O=C(NS(=O)(=O)c1ccc(Br)cc1)[C@H]1CC[C@H](N2CCC(Oc3ccc(Cl)c(Cl)c3)CC2)CC1. The van der Waals surface area contributed by atoms with Crippen molar-refractivity contribution in [1.82, 2.24) is 9.62 Å². The minimum atomic E-state index is -3.86. The van der Waals surface area contributed by atoms with Crippen molar-refractivity contribution in [2.75, 3.05) is 13.1 Å². The van der Waals surface area contributed by atoms with Crippen LogP contribution in [0.5, 0.6) is 5.75 Å².